The lowest BCUT2D eigenvalue weighted by Gasteiger charge is -1.97. The third-order valence-electron chi connectivity index (χ3n) is 2.10. The van der Waals surface area contributed by atoms with Gasteiger partial charge in [0.2, 0.25) is 0 Å². The first-order valence-electron chi connectivity index (χ1n) is 4.60. The quantitative estimate of drug-likeness (QED) is 0.614. The number of aromatic amines is 2. The van der Waals surface area contributed by atoms with Crippen LogP contribution in [0.1, 0.15) is 16.1 Å². The zero-order valence-corrected chi connectivity index (χ0v) is 8.80. The van der Waals surface area contributed by atoms with E-state index in [0.29, 0.717) is 11.2 Å². The molecule has 1 aromatic heterocycles. The lowest BCUT2D eigenvalue weighted by Crippen LogP contribution is -2.03. The van der Waals surface area contributed by atoms with E-state index in [1.54, 1.807) is 6.20 Å². The molecule has 2 aromatic rings. The van der Waals surface area contributed by atoms with E-state index in [2.05, 4.69) is 9.97 Å². The van der Waals surface area contributed by atoms with Crippen LogP contribution < -0.4 is 0 Å². The molecule has 0 unspecified atom stereocenters. The maximum Gasteiger partial charge on any atom is 0.174 e. The number of aromatic nitrogens is 2. The van der Waals surface area contributed by atoms with Gasteiger partial charge in [0.15, 0.2) is 10.6 Å². The van der Waals surface area contributed by atoms with Gasteiger partial charge in [-0.2, -0.15) is 0 Å². The third kappa shape index (κ3) is 2.41. The number of carbonyl (C=O) groups excluding carboxylic acids is 1. The summed E-state index contributed by atoms with van der Waals surface area (Å²) in [6, 6.07) is 9.22. The van der Waals surface area contributed by atoms with Gasteiger partial charge in [-0.25, -0.2) is 0 Å². The number of imidazole rings is 1. The first-order chi connectivity index (χ1) is 7.25. The van der Waals surface area contributed by atoms with Crippen molar-refractivity contribution in [1.29, 1.82) is 0 Å². The van der Waals surface area contributed by atoms with Gasteiger partial charge in [-0.3, -0.25) is 4.79 Å². The summed E-state index contributed by atoms with van der Waals surface area (Å²) in [7, 11) is 0. The molecular weight excluding hydrogens is 208 g/mol. The van der Waals surface area contributed by atoms with Crippen LogP contribution >= 0.6 is 12.2 Å². The Labute approximate surface area is 92.2 Å². The standard InChI is InChI=1S/C11H10N2OS/c14-10(8-4-2-1-3-5-8)6-9-7-12-11(15)13-9/h1-5,7H,6H2,(H2,12,13,15). The van der Waals surface area contributed by atoms with Crippen molar-refractivity contribution >= 4 is 18.0 Å². The van der Waals surface area contributed by atoms with Gasteiger partial charge >= 0.3 is 0 Å². The Kier molecular flexibility index (Phi) is 2.78. The second-order valence-electron chi connectivity index (χ2n) is 3.23. The topological polar surface area (TPSA) is 48.6 Å². The fourth-order valence-corrected chi connectivity index (χ4v) is 1.55. The van der Waals surface area contributed by atoms with Crippen LogP contribution in [-0.2, 0) is 6.42 Å². The molecule has 1 aromatic carbocycles. The van der Waals surface area contributed by atoms with Crippen molar-refractivity contribution in [2.24, 2.45) is 0 Å². The molecule has 4 heteroatoms. The summed E-state index contributed by atoms with van der Waals surface area (Å²) in [4.78, 5) is 17.5. The molecule has 0 amide bonds. The number of H-pyrrole nitrogens is 2. The molecule has 0 aliphatic carbocycles. The van der Waals surface area contributed by atoms with E-state index in [9.17, 15) is 4.79 Å². The molecule has 76 valence electrons. The van der Waals surface area contributed by atoms with Crippen LogP contribution in [0, 0.1) is 4.77 Å². The maximum atomic E-state index is 11.8. The van der Waals surface area contributed by atoms with E-state index in [1.165, 1.54) is 0 Å². The molecular formula is C11H10N2OS. The first kappa shape index (κ1) is 9.86. The Bertz CT molecular complexity index is 513. The van der Waals surface area contributed by atoms with E-state index < -0.39 is 0 Å². The molecule has 0 saturated carbocycles. The summed E-state index contributed by atoms with van der Waals surface area (Å²) in [5.41, 5.74) is 1.53. The average Bonchev–Trinajstić information content (AvgIpc) is 2.65. The third-order valence-corrected chi connectivity index (χ3v) is 2.32. The highest BCUT2D eigenvalue weighted by Crippen LogP contribution is 2.04. The molecule has 0 aliphatic heterocycles. The molecule has 3 nitrogen and oxygen atoms in total. The van der Waals surface area contributed by atoms with Gasteiger partial charge in [0.25, 0.3) is 0 Å². The van der Waals surface area contributed by atoms with Crippen LogP contribution in [0.15, 0.2) is 36.5 Å². The minimum absolute atomic E-state index is 0.0841. The summed E-state index contributed by atoms with van der Waals surface area (Å²) in [5.74, 6) is 0.0841. The Morgan fingerprint density at radius 2 is 2.00 bits per heavy atom. The number of Topliss-reactive ketones (excluding diaryl/α,β-unsaturated/α-hetero) is 1. The molecule has 0 aliphatic rings. The van der Waals surface area contributed by atoms with Crippen LogP contribution in [0.3, 0.4) is 0 Å². The van der Waals surface area contributed by atoms with Crippen LogP contribution in [0.2, 0.25) is 0 Å². The van der Waals surface area contributed by atoms with Gasteiger partial charge in [-0.05, 0) is 12.2 Å². The van der Waals surface area contributed by atoms with E-state index in [-0.39, 0.29) is 5.78 Å². The van der Waals surface area contributed by atoms with Crippen LogP contribution in [0.4, 0.5) is 0 Å². The summed E-state index contributed by atoms with van der Waals surface area (Å²) in [5, 5.41) is 0. The van der Waals surface area contributed by atoms with Crippen LogP contribution in [0.5, 0.6) is 0 Å². The molecule has 2 N–H and O–H groups in total. The number of hydrogen-bond donors (Lipinski definition) is 2. The summed E-state index contributed by atoms with van der Waals surface area (Å²) in [6.07, 6.45) is 2.07. The molecule has 15 heavy (non-hydrogen) atoms. The lowest BCUT2D eigenvalue weighted by atomic mass is 10.1. The zero-order valence-electron chi connectivity index (χ0n) is 7.99. The predicted octanol–water partition coefficient (Wildman–Crippen LogP) is 2.50. The average molecular weight is 218 g/mol. The van der Waals surface area contributed by atoms with Crippen LogP contribution in [0.25, 0.3) is 0 Å². The fraction of sp³-hybridized carbons (Fsp3) is 0.0909. The van der Waals surface area contributed by atoms with E-state index in [4.69, 9.17) is 12.2 Å². The van der Waals surface area contributed by atoms with Crippen molar-refractivity contribution in [3.63, 3.8) is 0 Å². The molecule has 0 spiro atoms. The fourth-order valence-electron chi connectivity index (χ4n) is 1.36. The Hall–Kier alpha value is -1.68. The van der Waals surface area contributed by atoms with Crippen molar-refractivity contribution < 1.29 is 4.79 Å². The van der Waals surface area contributed by atoms with Gasteiger partial charge in [0.1, 0.15) is 0 Å². The first-order valence-corrected chi connectivity index (χ1v) is 5.01. The maximum absolute atomic E-state index is 11.8. The minimum Gasteiger partial charge on any atom is -0.337 e. The smallest absolute Gasteiger partial charge is 0.174 e. The lowest BCUT2D eigenvalue weighted by molar-refractivity contribution is 0.0992. The van der Waals surface area contributed by atoms with Gasteiger partial charge in [-0.15, -0.1) is 0 Å². The highest BCUT2D eigenvalue weighted by molar-refractivity contribution is 7.71. The number of carbonyl (C=O) groups is 1. The van der Waals surface area contributed by atoms with Crippen molar-refractivity contribution in [3.05, 3.63) is 52.6 Å². The van der Waals surface area contributed by atoms with Crippen molar-refractivity contribution in [2.45, 2.75) is 6.42 Å². The van der Waals surface area contributed by atoms with Gasteiger partial charge in [0.05, 0.1) is 6.42 Å². The molecule has 0 fully saturated rings. The Balaban J connectivity index is 2.14. The molecule has 0 saturated heterocycles. The van der Waals surface area contributed by atoms with E-state index >= 15 is 0 Å². The Morgan fingerprint density at radius 3 is 2.60 bits per heavy atom. The highest BCUT2D eigenvalue weighted by atomic mass is 32.1. The predicted molar refractivity (Wildman–Crippen MR) is 60.5 cm³/mol. The van der Waals surface area contributed by atoms with Gasteiger partial charge in [0, 0.05) is 17.5 Å². The van der Waals surface area contributed by atoms with E-state index in [0.717, 1.165) is 11.3 Å². The number of hydrogen-bond acceptors (Lipinski definition) is 2. The molecule has 0 bridgehead atoms. The van der Waals surface area contributed by atoms with Crippen molar-refractivity contribution in [1.82, 2.24) is 9.97 Å². The number of benzene rings is 1. The molecule has 0 radical (unpaired) electrons. The monoisotopic (exact) mass is 218 g/mol. The number of rotatable bonds is 3. The Morgan fingerprint density at radius 1 is 1.27 bits per heavy atom. The second-order valence-corrected chi connectivity index (χ2v) is 3.64. The van der Waals surface area contributed by atoms with Crippen molar-refractivity contribution in [3.8, 4) is 0 Å². The van der Waals surface area contributed by atoms with Crippen LogP contribution in [-0.4, -0.2) is 15.8 Å². The SMILES string of the molecule is O=C(Cc1c[nH]c(=S)[nH]1)c1ccccc1. The largest absolute Gasteiger partial charge is 0.337 e. The highest BCUT2D eigenvalue weighted by Gasteiger charge is 2.06. The summed E-state index contributed by atoms with van der Waals surface area (Å²) < 4.78 is 0.547. The number of nitrogens with one attached hydrogen (secondary N) is 2. The summed E-state index contributed by atoms with van der Waals surface area (Å²) >= 11 is 4.88. The van der Waals surface area contributed by atoms with Gasteiger partial charge in [-0.1, -0.05) is 30.3 Å². The molecule has 1 heterocycles. The van der Waals surface area contributed by atoms with Gasteiger partial charge < -0.3 is 9.97 Å². The number of ketones is 1. The zero-order chi connectivity index (χ0) is 10.7. The molecule has 0 atom stereocenters. The molecule has 2 rings (SSSR count). The van der Waals surface area contributed by atoms with Crippen molar-refractivity contribution in [2.75, 3.05) is 0 Å². The normalized spacial score (nSPS) is 10.1. The second kappa shape index (κ2) is 4.23. The minimum atomic E-state index is 0.0841. The van der Waals surface area contributed by atoms with E-state index in [1.807, 2.05) is 30.3 Å². The summed E-state index contributed by atoms with van der Waals surface area (Å²) in [6.45, 7) is 0.